The number of halogens is 2. The zero-order chi connectivity index (χ0) is 19.1. The van der Waals surface area contributed by atoms with Crippen molar-refractivity contribution in [1.82, 2.24) is 9.88 Å². The normalized spacial score (nSPS) is 16.0. The summed E-state index contributed by atoms with van der Waals surface area (Å²) >= 11 is 1.32. The molecule has 140 valence electrons. The van der Waals surface area contributed by atoms with Crippen LogP contribution < -0.4 is 19.6 Å². The van der Waals surface area contributed by atoms with Gasteiger partial charge in [-0.1, -0.05) is 6.92 Å². The van der Waals surface area contributed by atoms with Crippen LogP contribution in [0.25, 0.3) is 5.69 Å². The number of hydrogen-bond acceptors (Lipinski definition) is 4. The number of hydrogen-bond donors (Lipinski definition) is 1. The topological polar surface area (TPSA) is 64.9 Å². The summed E-state index contributed by atoms with van der Waals surface area (Å²) in [5.74, 6) is -0.0985. The number of alkyl halides is 2. The van der Waals surface area contributed by atoms with Gasteiger partial charge in [0.2, 0.25) is 0 Å². The van der Waals surface area contributed by atoms with E-state index < -0.39 is 12.3 Å². The SMILES string of the molecule is CCC(C)(C)NC(=O)N=c1sc(C)cn1-c1ccc2c(c1)OC(F)(F)O2. The maximum absolute atomic E-state index is 13.2. The number of nitrogens with zero attached hydrogens (tertiary/aromatic N) is 2. The number of aryl methyl sites for hydroxylation is 1. The molecule has 0 atom stereocenters. The zero-order valence-electron chi connectivity index (χ0n) is 14.8. The Morgan fingerprint density at radius 3 is 2.73 bits per heavy atom. The lowest BCUT2D eigenvalue weighted by atomic mass is 10.0. The molecule has 1 aliphatic heterocycles. The van der Waals surface area contributed by atoms with Gasteiger partial charge in [-0.05, 0) is 39.3 Å². The van der Waals surface area contributed by atoms with Crippen molar-refractivity contribution in [3.8, 4) is 17.2 Å². The largest absolute Gasteiger partial charge is 0.586 e. The number of urea groups is 1. The molecule has 0 unspecified atom stereocenters. The first kappa shape index (κ1) is 18.4. The molecule has 0 aliphatic carbocycles. The van der Waals surface area contributed by atoms with Crippen LogP contribution in [0, 0.1) is 6.92 Å². The second-order valence-electron chi connectivity index (χ2n) is 6.57. The highest BCUT2D eigenvalue weighted by molar-refractivity contribution is 7.09. The van der Waals surface area contributed by atoms with Gasteiger partial charge in [0.15, 0.2) is 16.3 Å². The summed E-state index contributed by atoms with van der Waals surface area (Å²) in [7, 11) is 0. The first-order valence-electron chi connectivity index (χ1n) is 8.05. The average molecular weight is 383 g/mol. The summed E-state index contributed by atoms with van der Waals surface area (Å²) in [6.07, 6.45) is -1.14. The van der Waals surface area contributed by atoms with Crippen LogP contribution in [0.4, 0.5) is 13.6 Å². The molecule has 6 nitrogen and oxygen atoms in total. The van der Waals surface area contributed by atoms with Crippen molar-refractivity contribution in [2.24, 2.45) is 4.99 Å². The van der Waals surface area contributed by atoms with Crippen LogP contribution in [0.1, 0.15) is 32.1 Å². The van der Waals surface area contributed by atoms with E-state index in [0.717, 1.165) is 11.3 Å². The molecule has 0 radical (unpaired) electrons. The molecule has 0 spiro atoms. The van der Waals surface area contributed by atoms with Crippen molar-refractivity contribution in [3.05, 3.63) is 34.1 Å². The fraction of sp³-hybridized carbons (Fsp3) is 0.412. The van der Waals surface area contributed by atoms with Crippen molar-refractivity contribution in [3.63, 3.8) is 0 Å². The molecule has 2 aromatic rings. The first-order valence-corrected chi connectivity index (χ1v) is 8.86. The van der Waals surface area contributed by atoms with Gasteiger partial charge in [-0.3, -0.25) is 4.57 Å². The van der Waals surface area contributed by atoms with Crippen LogP contribution in [-0.4, -0.2) is 22.4 Å². The molecule has 2 heterocycles. The third-order valence-corrected chi connectivity index (χ3v) is 4.86. The number of carbonyl (C=O) groups excluding carboxylic acids is 1. The van der Waals surface area contributed by atoms with Crippen LogP contribution in [0.3, 0.4) is 0 Å². The van der Waals surface area contributed by atoms with E-state index >= 15 is 0 Å². The summed E-state index contributed by atoms with van der Waals surface area (Å²) in [5.41, 5.74) is 0.165. The molecule has 0 bridgehead atoms. The Hall–Kier alpha value is -2.42. The van der Waals surface area contributed by atoms with Crippen LogP contribution in [0.15, 0.2) is 29.4 Å². The standard InChI is InChI=1S/C17H19F2N3O3S/c1-5-16(3,4)21-14(23)20-15-22(9-10(2)26-15)11-6-7-12-13(8-11)25-17(18,19)24-12/h6-9H,5H2,1-4H3,(H,21,23). The van der Waals surface area contributed by atoms with Gasteiger partial charge in [-0.15, -0.1) is 20.1 Å². The first-order chi connectivity index (χ1) is 12.1. The maximum atomic E-state index is 13.2. The molecule has 26 heavy (non-hydrogen) atoms. The Bertz CT molecular complexity index is 918. The molecule has 1 aromatic carbocycles. The van der Waals surface area contributed by atoms with E-state index in [1.165, 1.54) is 23.5 Å². The lowest BCUT2D eigenvalue weighted by molar-refractivity contribution is -0.286. The highest BCUT2D eigenvalue weighted by atomic mass is 32.1. The Labute approximate surface area is 153 Å². The molecular weight excluding hydrogens is 364 g/mol. The van der Waals surface area contributed by atoms with Crippen LogP contribution in [-0.2, 0) is 0 Å². The van der Waals surface area contributed by atoms with Gasteiger partial charge in [-0.25, -0.2) is 4.79 Å². The highest BCUT2D eigenvalue weighted by Gasteiger charge is 2.43. The Balaban J connectivity index is 1.96. The number of ether oxygens (including phenoxy) is 2. The van der Waals surface area contributed by atoms with Gasteiger partial charge in [0, 0.05) is 22.7 Å². The summed E-state index contributed by atoms with van der Waals surface area (Å²) in [6, 6.07) is 3.97. The number of carbonyl (C=O) groups is 1. The van der Waals surface area contributed by atoms with Crippen molar-refractivity contribution < 1.29 is 23.0 Å². The molecule has 0 saturated heterocycles. The number of benzene rings is 1. The molecule has 9 heteroatoms. The van der Waals surface area contributed by atoms with Gasteiger partial charge >= 0.3 is 12.3 Å². The Morgan fingerprint density at radius 2 is 2.04 bits per heavy atom. The van der Waals surface area contributed by atoms with Gasteiger partial charge < -0.3 is 14.8 Å². The van der Waals surface area contributed by atoms with E-state index in [1.54, 1.807) is 16.8 Å². The number of amides is 2. The summed E-state index contributed by atoms with van der Waals surface area (Å²) in [6.45, 7) is 7.66. The molecule has 3 rings (SSSR count). The summed E-state index contributed by atoms with van der Waals surface area (Å²) in [4.78, 5) is 17.7. The van der Waals surface area contributed by atoms with E-state index in [1.807, 2.05) is 27.7 Å². The highest BCUT2D eigenvalue weighted by Crippen LogP contribution is 2.41. The second kappa shape index (κ2) is 6.39. The monoisotopic (exact) mass is 383 g/mol. The van der Waals surface area contributed by atoms with Gasteiger partial charge in [0.25, 0.3) is 0 Å². The number of thiazole rings is 1. The van der Waals surface area contributed by atoms with E-state index in [9.17, 15) is 13.6 Å². The lowest BCUT2D eigenvalue weighted by Gasteiger charge is -2.22. The predicted molar refractivity (Wildman–Crippen MR) is 93.1 cm³/mol. The molecule has 1 aliphatic rings. The molecular formula is C17H19F2N3O3S. The van der Waals surface area contributed by atoms with Gasteiger partial charge in [0.1, 0.15) is 0 Å². The van der Waals surface area contributed by atoms with Crippen molar-refractivity contribution in [2.75, 3.05) is 0 Å². The van der Waals surface area contributed by atoms with Crippen LogP contribution in [0.2, 0.25) is 0 Å². The predicted octanol–water partition coefficient (Wildman–Crippen LogP) is 3.97. The van der Waals surface area contributed by atoms with Gasteiger partial charge in [0.05, 0.1) is 5.69 Å². The minimum Gasteiger partial charge on any atom is -0.395 e. The van der Waals surface area contributed by atoms with Gasteiger partial charge in [-0.2, -0.15) is 4.99 Å². The van der Waals surface area contributed by atoms with E-state index in [4.69, 9.17) is 0 Å². The number of fused-ring (bicyclic) bond motifs is 1. The third kappa shape index (κ3) is 3.87. The zero-order valence-corrected chi connectivity index (χ0v) is 15.6. The maximum Gasteiger partial charge on any atom is 0.586 e. The Kier molecular flexibility index (Phi) is 4.51. The Morgan fingerprint density at radius 1 is 1.35 bits per heavy atom. The molecule has 0 fully saturated rings. The average Bonchev–Trinajstić information content (AvgIpc) is 3.03. The van der Waals surface area contributed by atoms with E-state index in [-0.39, 0.29) is 17.0 Å². The smallest absolute Gasteiger partial charge is 0.395 e. The van der Waals surface area contributed by atoms with E-state index in [0.29, 0.717) is 10.5 Å². The molecule has 2 amide bonds. The summed E-state index contributed by atoms with van der Waals surface area (Å²) in [5, 5.41) is 2.84. The quantitative estimate of drug-likeness (QED) is 0.872. The third-order valence-electron chi connectivity index (χ3n) is 3.96. The molecule has 0 saturated carbocycles. The number of rotatable bonds is 3. The fourth-order valence-electron chi connectivity index (χ4n) is 2.30. The lowest BCUT2D eigenvalue weighted by Crippen LogP contribution is -2.42. The van der Waals surface area contributed by atoms with Crippen molar-refractivity contribution in [1.29, 1.82) is 0 Å². The second-order valence-corrected chi connectivity index (χ2v) is 7.79. The summed E-state index contributed by atoms with van der Waals surface area (Å²) < 4.78 is 36.9. The minimum absolute atomic E-state index is 0.0350. The number of nitrogens with one attached hydrogen (secondary N) is 1. The van der Waals surface area contributed by atoms with Crippen LogP contribution >= 0.6 is 11.3 Å². The van der Waals surface area contributed by atoms with Crippen molar-refractivity contribution in [2.45, 2.75) is 45.9 Å². The number of aromatic nitrogens is 1. The van der Waals surface area contributed by atoms with E-state index in [2.05, 4.69) is 19.8 Å². The molecule has 1 N–H and O–H groups in total. The van der Waals surface area contributed by atoms with Crippen molar-refractivity contribution >= 4 is 17.4 Å². The van der Waals surface area contributed by atoms with Crippen LogP contribution in [0.5, 0.6) is 11.5 Å². The molecule has 1 aromatic heterocycles. The fourth-order valence-corrected chi connectivity index (χ4v) is 3.13. The minimum atomic E-state index is -3.67.